The monoisotopic (exact) mass is 299 g/mol. The van der Waals surface area contributed by atoms with Crippen molar-refractivity contribution in [3.63, 3.8) is 0 Å². The Bertz CT molecular complexity index is 739. The highest BCUT2D eigenvalue weighted by atomic mass is 16.6. The van der Waals surface area contributed by atoms with Crippen LogP contribution < -0.4 is 5.43 Å². The van der Waals surface area contributed by atoms with Crippen molar-refractivity contribution in [2.75, 3.05) is 5.43 Å². The summed E-state index contributed by atoms with van der Waals surface area (Å²) in [6.45, 7) is 1.67. The molecule has 0 aliphatic rings. The molecule has 0 radical (unpaired) electrons. The van der Waals surface area contributed by atoms with Gasteiger partial charge in [-0.15, -0.1) is 0 Å². The quantitative estimate of drug-likeness (QED) is 0.501. The molecule has 0 spiro atoms. The minimum Gasteiger partial charge on any atom is -0.478 e. The number of aryl methyl sites for hydroxylation is 1. The first kappa shape index (κ1) is 15.2. The first-order chi connectivity index (χ1) is 10.5. The Morgan fingerprint density at radius 3 is 2.55 bits per heavy atom. The Morgan fingerprint density at radius 1 is 1.27 bits per heavy atom. The molecule has 0 bridgehead atoms. The number of carbonyl (C=O) groups is 1. The van der Waals surface area contributed by atoms with Crippen molar-refractivity contribution in [3.8, 4) is 0 Å². The third-order valence-corrected chi connectivity index (χ3v) is 2.97. The summed E-state index contributed by atoms with van der Waals surface area (Å²) in [4.78, 5) is 21.1. The Balaban J connectivity index is 2.08. The first-order valence-corrected chi connectivity index (χ1v) is 6.35. The van der Waals surface area contributed by atoms with E-state index in [1.807, 2.05) is 0 Å². The minimum atomic E-state index is -0.998. The van der Waals surface area contributed by atoms with E-state index in [9.17, 15) is 14.9 Å². The molecule has 2 N–H and O–H groups in total. The summed E-state index contributed by atoms with van der Waals surface area (Å²) in [5, 5.41) is 23.6. The van der Waals surface area contributed by atoms with Crippen LogP contribution in [0.3, 0.4) is 0 Å². The van der Waals surface area contributed by atoms with Crippen molar-refractivity contribution < 1.29 is 14.8 Å². The SMILES string of the molecule is Cc1ccc(C=NNc2ccc(C(=O)O)cc2)cc1[N+](=O)[O-]. The number of carboxylic acid groups (broad SMARTS) is 1. The van der Waals surface area contributed by atoms with Gasteiger partial charge in [0, 0.05) is 17.2 Å². The number of nitro groups is 1. The molecule has 0 atom stereocenters. The normalized spacial score (nSPS) is 10.6. The molecule has 0 saturated carbocycles. The van der Waals surface area contributed by atoms with Crippen LogP contribution in [0, 0.1) is 17.0 Å². The first-order valence-electron chi connectivity index (χ1n) is 6.35. The summed E-state index contributed by atoms with van der Waals surface area (Å²) in [6, 6.07) is 10.9. The van der Waals surface area contributed by atoms with Gasteiger partial charge >= 0.3 is 5.97 Å². The highest BCUT2D eigenvalue weighted by Crippen LogP contribution is 2.18. The van der Waals surface area contributed by atoms with Crippen LogP contribution in [0.4, 0.5) is 11.4 Å². The van der Waals surface area contributed by atoms with E-state index in [0.717, 1.165) is 0 Å². The molecule has 7 heteroatoms. The van der Waals surface area contributed by atoms with Gasteiger partial charge in [-0.2, -0.15) is 5.10 Å². The summed E-state index contributed by atoms with van der Waals surface area (Å²) in [5.41, 5.74) is 4.74. The maximum atomic E-state index is 10.9. The van der Waals surface area contributed by atoms with E-state index < -0.39 is 10.9 Å². The Labute approximate surface area is 126 Å². The molecule has 0 unspecified atom stereocenters. The molecule has 0 aromatic heterocycles. The van der Waals surface area contributed by atoms with Crippen LogP contribution in [0.1, 0.15) is 21.5 Å². The molecule has 22 heavy (non-hydrogen) atoms. The molecule has 0 heterocycles. The number of anilines is 1. The summed E-state index contributed by atoms with van der Waals surface area (Å²) >= 11 is 0. The van der Waals surface area contributed by atoms with E-state index in [1.165, 1.54) is 24.4 Å². The molecule has 2 aromatic rings. The van der Waals surface area contributed by atoms with Crippen molar-refractivity contribution in [3.05, 3.63) is 69.3 Å². The van der Waals surface area contributed by atoms with E-state index >= 15 is 0 Å². The van der Waals surface area contributed by atoms with Gasteiger partial charge in [-0.1, -0.05) is 12.1 Å². The van der Waals surface area contributed by atoms with E-state index in [4.69, 9.17) is 5.11 Å². The molecule has 112 valence electrons. The minimum absolute atomic E-state index is 0.0368. The molecular formula is C15H13N3O4. The molecule has 0 amide bonds. The van der Waals surface area contributed by atoms with Crippen LogP contribution >= 0.6 is 0 Å². The van der Waals surface area contributed by atoms with Gasteiger partial charge in [-0.25, -0.2) is 4.79 Å². The standard InChI is InChI=1S/C15H13N3O4/c1-10-2-3-11(8-14(10)18(21)22)9-16-17-13-6-4-12(5-7-13)15(19)20/h2-9,17H,1H3,(H,19,20). The zero-order valence-electron chi connectivity index (χ0n) is 11.7. The number of hydrogen-bond donors (Lipinski definition) is 2. The van der Waals surface area contributed by atoms with Crippen LogP contribution in [0.5, 0.6) is 0 Å². The number of benzene rings is 2. The fourth-order valence-electron chi connectivity index (χ4n) is 1.77. The zero-order chi connectivity index (χ0) is 16.1. The fraction of sp³-hybridized carbons (Fsp3) is 0.0667. The van der Waals surface area contributed by atoms with Crippen molar-refractivity contribution in [1.82, 2.24) is 0 Å². The summed E-state index contributed by atoms with van der Waals surface area (Å²) in [5.74, 6) is -0.998. The van der Waals surface area contributed by atoms with Crippen LogP contribution in [0.2, 0.25) is 0 Å². The van der Waals surface area contributed by atoms with Gasteiger partial charge in [0.15, 0.2) is 0 Å². The van der Waals surface area contributed by atoms with Crippen LogP contribution in [0.15, 0.2) is 47.6 Å². The van der Waals surface area contributed by atoms with Crippen LogP contribution in [-0.4, -0.2) is 22.2 Å². The molecule has 0 aliphatic heterocycles. The maximum Gasteiger partial charge on any atom is 0.335 e. The Kier molecular flexibility index (Phi) is 4.47. The second-order valence-corrected chi connectivity index (χ2v) is 4.56. The number of hydrazone groups is 1. The number of nitro benzene ring substituents is 1. The lowest BCUT2D eigenvalue weighted by atomic mass is 10.1. The Hall–Kier alpha value is -3.22. The smallest absolute Gasteiger partial charge is 0.335 e. The predicted molar refractivity (Wildman–Crippen MR) is 82.5 cm³/mol. The van der Waals surface area contributed by atoms with Crippen molar-refractivity contribution >= 4 is 23.6 Å². The van der Waals surface area contributed by atoms with E-state index in [-0.39, 0.29) is 11.3 Å². The van der Waals surface area contributed by atoms with Crippen LogP contribution in [0.25, 0.3) is 0 Å². The van der Waals surface area contributed by atoms with Crippen molar-refractivity contribution in [2.24, 2.45) is 5.10 Å². The number of aromatic carboxylic acids is 1. The highest BCUT2D eigenvalue weighted by Gasteiger charge is 2.09. The van der Waals surface area contributed by atoms with Crippen molar-refractivity contribution in [1.29, 1.82) is 0 Å². The van der Waals surface area contributed by atoms with Gasteiger partial charge in [-0.05, 0) is 31.2 Å². The fourth-order valence-corrected chi connectivity index (χ4v) is 1.77. The molecular weight excluding hydrogens is 286 g/mol. The Morgan fingerprint density at radius 2 is 1.95 bits per heavy atom. The third kappa shape index (κ3) is 3.66. The maximum absolute atomic E-state index is 10.9. The van der Waals surface area contributed by atoms with Gasteiger partial charge in [0.05, 0.1) is 22.4 Å². The summed E-state index contributed by atoms with van der Waals surface area (Å²) in [7, 11) is 0. The van der Waals surface area contributed by atoms with Gasteiger partial charge in [0.25, 0.3) is 5.69 Å². The lowest BCUT2D eigenvalue weighted by Crippen LogP contribution is -1.97. The largest absolute Gasteiger partial charge is 0.478 e. The van der Waals surface area contributed by atoms with Gasteiger partial charge in [0.1, 0.15) is 0 Å². The number of hydrogen-bond acceptors (Lipinski definition) is 5. The van der Waals surface area contributed by atoms with Crippen molar-refractivity contribution in [2.45, 2.75) is 6.92 Å². The predicted octanol–water partition coefficient (Wildman–Crippen LogP) is 3.05. The van der Waals surface area contributed by atoms with Gasteiger partial charge in [0.2, 0.25) is 0 Å². The second kappa shape index (κ2) is 6.49. The topological polar surface area (TPSA) is 105 Å². The van der Waals surface area contributed by atoms with E-state index in [2.05, 4.69) is 10.5 Å². The number of carboxylic acids is 1. The van der Waals surface area contributed by atoms with Crippen LogP contribution in [-0.2, 0) is 0 Å². The lowest BCUT2D eigenvalue weighted by Gasteiger charge is -2.01. The zero-order valence-corrected chi connectivity index (χ0v) is 11.7. The molecule has 0 saturated heterocycles. The summed E-state index contributed by atoms with van der Waals surface area (Å²) < 4.78 is 0. The van der Waals surface area contributed by atoms with Gasteiger partial charge < -0.3 is 5.11 Å². The molecule has 2 rings (SSSR count). The molecule has 2 aromatic carbocycles. The molecule has 0 fully saturated rings. The average Bonchev–Trinajstić information content (AvgIpc) is 2.49. The van der Waals surface area contributed by atoms with E-state index in [1.54, 1.807) is 31.2 Å². The molecule has 0 aliphatic carbocycles. The van der Waals surface area contributed by atoms with Gasteiger partial charge in [-0.3, -0.25) is 15.5 Å². The number of nitrogens with zero attached hydrogens (tertiary/aromatic N) is 2. The lowest BCUT2D eigenvalue weighted by molar-refractivity contribution is -0.385. The van der Waals surface area contributed by atoms with E-state index in [0.29, 0.717) is 16.8 Å². The third-order valence-electron chi connectivity index (χ3n) is 2.97. The summed E-state index contributed by atoms with van der Waals surface area (Å²) in [6.07, 6.45) is 1.46. The number of nitrogens with one attached hydrogen (secondary N) is 1. The highest BCUT2D eigenvalue weighted by molar-refractivity contribution is 5.88. The average molecular weight is 299 g/mol. The number of rotatable bonds is 5. The second-order valence-electron chi connectivity index (χ2n) is 4.56. The molecule has 7 nitrogen and oxygen atoms in total.